The largest absolute Gasteiger partial charge is 0.424 e. The molecule has 5 nitrogen and oxygen atoms in total. The summed E-state index contributed by atoms with van der Waals surface area (Å²) < 4.78 is 11.3. The van der Waals surface area contributed by atoms with Crippen LogP contribution in [0.1, 0.15) is 12.7 Å². The second-order valence-electron chi connectivity index (χ2n) is 4.83. The lowest BCUT2D eigenvalue weighted by Crippen LogP contribution is -2.02. The molecule has 0 aliphatic rings. The molecular formula is C18H15N3O2. The van der Waals surface area contributed by atoms with Crippen LogP contribution in [-0.2, 0) is 0 Å². The van der Waals surface area contributed by atoms with Crippen LogP contribution in [0.25, 0.3) is 5.57 Å². The van der Waals surface area contributed by atoms with Gasteiger partial charge in [0.2, 0.25) is 0 Å². The van der Waals surface area contributed by atoms with E-state index in [9.17, 15) is 0 Å². The summed E-state index contributed by atoms with van der Waals surface area (Å²) in [7, 11) is 0. The molecule has 0 bridgehead atoms. The Morgan fingerprint density at radius 1 is 0.739 bits per heavy atom. The predicted octanol–water partition coefficient (Wildman–Crippen LogP) is 4.49. The summed E-state index contributed by atoms with van der Waals surface area (Å²) in [5.74, 6) is 1.70. The molecule has 1 aromatic heterocycles. The van der Waals surface area contributed by atoms with Gasteiger partial charge in [-0.15, -0.1) is 4.98 Å². The van der Waals surface area contributed by atoms with Gasteiger partial charge in [0.15, 0.2) is 5.82 Å². The van der Waals surface area contributed by atoms with Crippen molar-refractivity contribution in [3.05, 3.63) is 73.1 Å². The molecule has 0 radical (unpaired) electrons. The van der Waals surface area contributed by atoms with E-state index in [0.29, 0.717) is 22.9 Å². The molecule has 3 rings (SSSR count). The van der Waals surface area contributed by atoms with Crippen LogP contribution in [0.5, 0.6) is 23.5 Å². The number of allylic oxidation sites excluding steroid dienone is 1. The summed E-state index contributed by atoms with van der Waals surface area (Å²) in [4.78, 5) is 12.7. The smallest absolute Gasteiger partial charge is 0.328 e. The van der Waals surface area contributed by atoms with Gasteiger partial charge in [-0.1, -0.05) is 43.0 Å². The molecule has 23 heavy (non-hydrogen) atoms. The van der Waals surface area contributed by atoms with E-state index < -0.39 is 0 Å². The van der Waals surface area contributed by atoms with Crippen LogP contribution in [0.3, 0.4) is 0 Å². The zero-order valence-corrected chi connectivity index (χ0v) is 12.6. The first-order chi connectivity index (χ1) is 11.2. The molecule has 5 heteroatoms. The van der Waals surface area contributed by atoms with Crippen LogP contribution in [0, 0.1) is 0 Å². The lowest BCUT2D eigenvalue weighted by molar-refractivity contribution is 0.396. The van der Waals surface area contributed by atoms with Crippen LogP contribution in [0.2, 0.25) is 0 Å². The maximum Gasteiger partial charge on any atom is 0.328 e. The van der Waals surface area contributed by atoms with Crippen molar-refractivity contribution in [1.29, 1.82) is 0 Å². The number of ether oxygens (including phenoxy) is 2. The lowest BCUT2D eigenvalue weighted by Gasteiger charge is -2.08. The molecule has 0 saturated carbocycles. The van der Waals surface area contributed by atoms with Gasteiger partial charge in [0.25, 0.3) is 0 Å². The molecule has 1 heterocycles. The second-order valence-corrected chi connectivity index (χ2v) is 4.83. The van der Waals surface area contributed by atoms with Gasteiger partial charge < -0.3 is 9.47 Å². The number of hydrogen-bond donors (Lipinski definition) is 0. The highest BCUT2D eigenvalue weighted by Gasteiger charge is 2.11. The molecule has 0 spiro atoms. The third-order valence-electron chi connectivity index (χ3n) is 2.88. The quantitative estimate of drug-likeness (QED) is 0.695. The summed E-state index contributed by atoms with van der Waals surface area (Å²) >= 11 is 0. The summed E-state index contributed by atoms with van der Waals surface area (Å²) in [6, 6.07) is 18.9. The van der Waals surface area contributed by atoms with Crippen molar-refractivity contribution < 1.29 is 9.47 Å². The van der Waals surface area contributed by atoms with Crippen molar-refractivity contribution in [3.8, 4) is 23.5 Å². The third-order valence-corrected chi connectivity index (χ3v) is 2.88. The molecule has 114 valence electrons. The van der Waals surface area contributed by atoms with Crippen molar-refractivity contribution in [2.24, 2.45) is 0 Å². The molecule has 0 fully saturated rings. The fraction of sp³-hybridized carbons (Fsp3) is 0.0556. The Morgan fingerprint density at radius 3 is 1.57 bits per heavy atom. The van der Waals surface area contributed by atoms with Crippen molar-refractivity contribution in [3.63, 3.8) is 0 Å². The number of nitrogens with zero attached hydrogens (tertiary/aromatic N) is 3. The van der Waals surface area contributed by atoms with Gasteiger partial charge in [-0.2, -0.15) is 9.97 Å². The van der Waals surface area contributed by atoms with Crippen LogP contribution in [0.4, 0.5) is 0 Å². The molecule has 0 unspecified atom stereocenters. The molecule has 0 amide bonds. The van der Waals surface area contributed by atoms with Crippen molar-refractivity contribution in [1.82, 2.24) is 15.0 Å². The lowest BCUT2D eigenvalue weighted by atomic mass is 10.3. The molecular weight excluding hydrogens is 290 g/mol. The Bertz CT molecular complexity index is 745. The normalized spacial score (nSPS) is 10.1. The van der Waals surface area contributed by atoms with Gasteiger partial charge in [0.1, 0.15) is 11.5 Å². The summed E-state index contributed by atoms with van der Waals surface area (Å²) in [5.41, 5.74) is 0.697. The van der Waals surface area contributed by atoms with E-state index in [2.05, 4.69) is 21.5 Å². The van der Waals surface area contributed by atoms with Gasteiger partial charge in [0, 0.05) is 0 Å². The molecule has 0 atom stereocenters. The van der Waals surface area contributed by atoms with E-state index in [-0.39, 0.29) is 12.0 Å². The molecule has 0 aliphatic carbocycles. The van der Waals surface area contributed by atoms with Gasteiger partial charge in [-0.25, -0.2) is 0 Å². The van der Waals surface area contributed by atoms with Crippen LogP contribution in [0.15, 0.2) is 67.2 Å². The SMILES string of the molecule is C=C(C)c1nc(Oc2ccccc2)nc(Oc2ccccc2)n1. The van der Waals surface area contributed by atoms with Crippen LogP contribution >= 0.6 is 0 Å². The van der Waals surface area contributed by atoms with Gasteiger partial charge >= 0.3 is 12.0 Å². The second kappa shape index (κ2) is 6.70. The van der Waals surface area contributed by atoms with E-state index >= 15 is 0 Å². The highest BCUT2D eigenvalue weighted by Crippen LogP contribution is 2.23. The Balaban J connectivity index is 1.91. The summed E-state index contributed by atoms with van der Waals surface area (Å²) in [6.07, 6.45) is 0. The van der Waals surface area contributed by atoms with Crippen molar-refractivity contribution in [2.75, 3.05) is 0 Å². The summed E-state index contributed by atoms with van der Waals surface area (Å²) in [6.45, 7) is 5.67. The minimum atomic E-state index is 0.162. The average molecular weight is 305 g/mol. The number of para-hydroxylation sites is 2. The molecule has 3 aromatic rings. The Hall–Kier alpha value is -3.21. The minimum Gasteiger partial charge on any atom is -0.424 e. The van der Waals surface area contributed by atoms with Gasteiger partial charge in [-0.05, 0) is 36.8 Å². The van der Waals surface area contributed by atoms with Crippen molar-refractivity contribution in [2.45, 2.75) is 6.92 Å². The Morgan fingerprint density at radius 2 is 1.17 bits per heavy atom. The number of aromatic nitrogens is 3. The predicted molar refractivity (Wildman–Crippen MR) is 87.6 cm³/mol. The van der Waals surface area contributed by atoms with E-state index in [1.807, 2.05) is 67.6 Å². The Labute approximate surface area is 134 Å². The van der Waals surface area contributed by atoms with E-state index in [1.54, 1.807) is 0 Å². The monoisotopic (exact) mass is 305 g/mol. The fourth-order valence-corrected chi connectivity index (χ4v) is 1.81. The zero-order chi connectivity index (χ0) is 16.1. The topological polar surface area (TPSA) is 57.1 Å². The van der Waals surface area contributed by atoms with E-state index in [4.69, 9.17) is 9.47 Å². The van der Waals surface area contributed by atoms with Crippen LogP contribution < -0.4 is 9.47 Å². The third kappa shape index (κ3) is 3.91. The number of benzene rings is 2. The molecule has 0 aliphatic heterocycles. The maximum absolute atomic E-state index is 5.66. The minimum absolute atomic E-state index is 0.162. The molecule has 2 aromatic carbocycles. The first-order valence-electron chi connectivity index (χ1n) is 7.08. The highest BCUT2D eigenvalue weighted by atomic mass is 16.5. The van der Waals surface area contributed by atoms with E-state index in [0.717, 1.165) is 0 Å². The van der Waals surface area contributed by atoms with Gasteiger partial charge in [0.05, 0.1) is 0 Å². The number of hydrogen-bond acceptors (Lipinski definition) is 5. The first kappa shape index (κ1) is 14.7. The van der Waals surface area contributed by atoms with Crippen LogP contribution in [-0.4, -0.2) is 15.0 Å². The van der Waals surface area contributed by atoms with Gasteiger partial charge in [-0.3, -0.25) is 0 Å². The zero-order valence-electron chi connectivity index (χ0n) is 12.6. The highest BCUT2D eigenvalue weighted by molar-refractivity contribution is 5.54. The maximum atomic E-state index is 5.66. The number of rotatable bonds is 5. The fourth-order valence-electron chi connectivity index (χ4n) is 1.81. The Kier molecular flexibility index (Phi) is 4.29. The standard InChI is InChI=1S/C18H15N3O2/c1-13(2)16-19-17(22-14-9-5-3-6-10-14)21-18(20-16)23-15-11-7-4-8-12-15/h3-12H,1H2,2H3. The van der Waals surface area contributed by atoms with Crippen molar-refractivity contribution >= 4 is 5.57 Å². The van der Waals surface area contributed by atoms with E-state index in [1.165, 1.54) is 0 Å². The summed E-state index contributed by atoms with van der Waals surface area (Å²) in [5, 5.41) is 0. The average Bonchev–Trinajstić information content (AvgIpc) is 2.56. The first-order valence-corrected chi connectivity index (χ1v) is 7.08. The molecule has 0 saturated heterocycles. The molecule has 0 N–H and O–H groups in total.